The van der Waals surface area contributed by atoms with Crippen LogP contribution < -0.4 is 14.4 Å². The van der Waals surface area contributed by atoms with Crippen molar-refractivity contribution in [3.8, 4) is 11.5 Å². The number of anilines is 1. The molecule has 2 heterocycles. The number of hydrogen-bond donors (Lipinski definition) is 0. The van der Waals surface area contributed by atoms with Crippen LogP contribution in [0.5, 0.6) is 11.5 Å². The highest BCUT2D eigenvalue weighted by atomic mass is 16.5. The second-order valence-corrected chi connectivity index (χ2v) is 5.66. The molecule has 5 nitrogen and oxygen atoms in total. The molecular weight excluding hydrogens is 294 g/mol. The van der Waals surface area contributed by atoms with Gasteiger partial charge in [0.15, 0.2) is 6.61 Å². The topological polar surface area (TPSA) is 48.0 Å². The summed E-state index contributed by atoms with van der Waals surface area (Å²) in [6.45, 7) is 1.95. The SMILES string of the molecule is O=C1COc2cc(OCC3CN(c4ccccc4)CO3)ccc21. The smallest absolute Gasteiger partial charge is 0.203 e. The first-order valence-corrected chi connectivity index (χ1v) is 7.64. The Kier molecular flexibility index (Phi) is 3.63. The maximum absolute atomic E-state index is 11.5. The van der Waals surface area contributed by atoms with E-state index in [9.17, 15) is 4.79 Å². The summed E-state index contributed by atoms with van der Waals surface area (Å²) in [7, 11) is 0. The molecule has 0 aliphatic carbocycles. The first-order chi connectivity index (χ1) is 11.3. The summed E-state index contributed by atoms with van der Waals surface area (Å²) in [4.78, 5) is 13.7. The summed E-state index contributed by atoms with van der Waals surface area (Å²) >= 11 is 0. The van der Waals surface area contributed by atoms with Gasteiger partial charge in [-0.1, -0.05) is 18.2 Å². The first kappa shape index (κ1) is 14.1. The molecule has 0 radical (unpaired) electrons. The Hall–Kier alpha value is -2.53. The van der Waals surface area contributed by atoms with Crippen molar-refractivity contribution < 1.29 is 19.0 Å². The van der Waals surface area contributed by atoms with Crippen LogP contribution in [0.2, 0.25) is 0 Å². The molecule has 0 amide bonds. The van der Waals surface area contributed by atoms with E-state index in [0.717, 1.165) is 12.2 Å². The van der Waals surface area contributed by atoms with Crippen molar-refractivity contribution in [2.45, 2.75) is 6.10 Å². The van der Waals surface area contributed by atoms with Crippen LogP contribution in [0, 0.1) is 0 Å². The monoisotopic (exact) mass is 311 g/mol. The highest BCUT2D eigenvalue weighted by molar-refractivity contribution is 6.02. The number of rotatable bonds is 4. The third-order valence-electron chi connectivity index (χ3n) is 4.06. The molecule has 1 saturated heterocycles. The third-order valence-corrected chi connectivity index (χ3v) is 4.06. The summed E-state index contributed by atoms with van der Waals surface area (Å²) in [5.74, 6) is 1.31. The Balaban J connectivity index is 1.35. The maximum atomic E-state index is 11.5. The van der Waals surface area contributed by atoms with Crippen LogP contribution in [-0.4, -0.2) is 38.4 Å². The van der Waals surface area contributed by atoms with Crippen LogP contribution in [0.3, 0.4) is 0 Å². The van der Waals surface area contributed by atoms with Gasteiger partial charge in [0, 0.05) is 18.3 Å². The lowest BCUT2D eigenvalue weighted by atomic mass is 10.1. The van der Waals surface area contributed by atoms with Crippen molar-refractivity contribution >= 4 is 11.5 Å². The molecule has 0 N–H and O–H groups in total. The van der Waals surface area contributed by atoms with Gasteiger partial charge in [0.2, 0.25) is 5.78 Å². The average molecular weight is 311 g/mol. The second kappa shape index (κ2) is 5.93. The summed E-state index contributed by atoms with van der Waals surface area (Å²) in [6, 6.07) is 15.5. The minimum absolute atomic E-state index is 0.0178. The van der Waals surface area contributed by atoms with Crippen LogP contribution in [0.4, 0.5) is 5.69 Å². The number of ketones is 1. The zero-order valence-corrected chi connectivity index (χ0v) is 12.6. The molecule has 2 aliphatic heterocycles. The van der Waals surface area contributed by atoms with Crippen LogP contribution in [0.25, 0.3) is 0 Å². The van der Waals surface area contributed by atoms with Gasteiger partial charge in [-0.25, -0.2) is 0 Å². The molecule has 2 aromatic rings. The Morgan fingerprint density at radius 1 is 1.17 bits per heavy atom. The van der Waals surface area contributed by atoms with E-state index in [1.807, 2.05) is 18.2 Å². The van der Waals surface area contributed by atoms with Gasteiger partial charge in [0.05, 0.1) is 5.56 Å². The Morgan fingerprint density at radius 2 is 2.04 bits per heavy atom. The molecule has 0 bridgehead atoms. The molecule has 23 heavy (non-hydrogen) atoms. The second-order valence-electron chi connectivity index (χ2n) is 5.66. The quantitative estimate of drug-likeness (QED) is 0.868. The van der Waals surface area contributed by atoms with Crippen molar-refractivity contribution in [2.24, 2.45) is 0 Å². The summed E-state index contributed by atoms with van der Waals surface area (Å²) in [5.41, 5.74) is 1.78. The number of para-hydroxylation sites is 1. The van der Waals surface area contributed by atoms with Gasteiger partial charge in [-0.2, -0.15) is 0 Å². The zero-order chi connectivity index (χ0) is 15.6. The van der Waals surface area contributed by atoms with E-state index in [2.05, 4.69) is 17.0 Å². The van der Waals surface area contributed by atoms with Crippen molar-refractivity contribution in [1.82, 2.24) is 0 Å². The Labute approximate surface area is 134 Å². The highest BCUT2D eigenvalue weighted by Gasteiger charge is 2.25. The lowest BCUT2D eigenvalue weighted by molar-refractivity contribution is 0.0733. The fourth-order valence-corrected chi connectivity index (χ4v) is 2.82. The molecule has 1 fully saturated rings. The molecule has 2 aliphatic rings. The van der Waals surface area contributed by atoms with Gasteiger partial charge < -0.3 is 19.1 Å². The zero-order valence-electron chi connectivity index (χ0n) is 12.6. The fourth-order valence-electron chi connectivity index (χ4n) is 2.82. The minimum Gasteiger partial charge on any atom is -0.491 e. The van der Waals surface area contributed by atoms with E-state index in [0.29, 0.717) is 30.4 Å². The van der Waals surface area contributed by atoms with Crippen molar-refractivity contribution in [1.29, 1.82) is 0 Å². The molecule has 0 spiro atoms. The number of nitrogens with zero attached hydrogens (tertiary/aromatic N) is 1. The van der Waals surface area contributed by atoms with Gasteiger partial charge in [-0.15, -0.1) is 0 Å². The van der Waals surface area contributed by atoms with Gasteiger partial charge in [0.1, 0.15) is 30.9 Å². The maximum Gasteiger partial charge on any atom is 0.203 e. The van der Waals surface area contributed by atoms with Crippen LogP contribution in [0.15, 0.2) is 48.5 Å². The molecule has 1 atom stereocenters. The van der Waals surface area contributed by atoms with Gasteiger partial charge >= 0.3 is 0 Å². The lowest BCUT2D eigenvalue weighted by Gasteiger charge is -2.16. The van der Waals surface area contributed by atoms with E-state index in [1.165, 1.54) is 0 Å². The molecule has 0 saturated carbocycles. The molecule has 5 heteroatoms. The molecular formula is C18H17NO4. The molecule has 0 aromatic heterocycles. The summed E-state index contributed by atoms with van der Waals surface area (Å²) < 4.78 is 16.9. The van der Waals surface area contributed by atoms with Gasteiger partial charge in [0.25, 0.3) is 0 Å². The summed E-state index contributed by atoms with van der Waals surface area (Å²) in [6.07, 6.45) is 0.0195. The van der Waals surface area contributed by atoms with E-state index < -0.39 is 0 Å². The third kappa shape index (κ3) is 2.87. The van der Waals surface area contributed by atoms with Crippen molar-refractivity contribution in [3.63, 3.8) is 0 Å². The molecule has 118 valence electrons. The normalized spacial score (nSPS) is 19.6. The minimum atomic E-state index is 0.0178. The number of carbonyl (C=O) groups excluding carboxylic acids is 1. The van der Waals surface area contributed by atoms with Crippen LogP contribution >= 0.6 is 0 Å². The Bertz CT molecular complexity index is 716. The lowest BCUT2D eigenvalue weighted by Crippen LogP contribution is -2.25. The number of hydrogen-bond acceptors (Lipinski definition) is 5. The predicted molar refractivity (Wildman–Crippen MR) is 85.3 cm³/mol. The van der Waals surface area contributed by atoms with Crippen LogP contribution in [0.1, 0.15) is 10.4 Å². The summed E-state index contributed by atoms with van der Waals surface area (Å²) in [5, 5.41) is 0. The number of fused-ring (bicyclic) bond motifs is 1. The molecule has 2 aromatic carbocycles. The van der Waals surface area contributed by atoms with E-state index >= 15 is 0 Å². The number of carbonyl (C=O) groups is 1. The van der Waals surface area contributed by atoms with Gasteiger partial charge in [-0.3, -0.25) is 4.79 Å². The van der Waals surface area contributed by atoms with E-state index in [-0.39, 0.29) is 18.5 Å². The number of Topliss-reactive ketones (excluding diaryl/α,β-unsaturated/α-hetero) is 1. The first-order valence-electron chi connectivity index (χ1n) is 7.64. The molecule has 4 rings (SSSR count). The van der Waals surface area contributed by atoms with Crippen LogP contribution in [-0.2, 0) is 4.74 Å². The van der Waals surface area contributed by atoms with Crippen molar-refractivity contribution in [3.05, 3.63) is 54.1 Å². The standard InChI is InChI=1S/C18H17NO4/c20-17-11-22-18-8-14(6-7-16(17)18)21-10-15-9-19(12-23-15)13-4-2-1-3-5-13/h1-8,15H,9-12H2. The van der Waals surface area contributed by atoms with Crippen molar-refractivity contribution in [2.75, 3.05) is 31.4 Å². The fraction of sp³-hybridized carbons (Fsp3) is 0.278. The predicted octanol–water partition coefficient (Wildman–Crippen LogP) is 2.50. The highest BCUT2D eigenvalue weighted by Crippen LogP contribution is 2.29. The largest absolute Gasteiger partial charge is 0.491 e. The number of benzene rings is 2. The van der Waals surface area contributed by atoms with E-state index in [4.69, 9.17) is 14.2 Å². The van der Waals surface area contributed by atoms with Gasteiger partial charge in [-0.05, 0) is 24.3 Å². The average Bonchev–Trinajstić information content (AvgIpc) is 3.21. The molecule has 1 unspecified atom stereocenters. The Morgan fingerprint density at radius 3 is 2.91 bits per heavy atom. The number of ether oxygens (including phenoxy) is 3. The van der Waals surface area contributed by atoms with E-state index in [1.54, 1.807) is 18.2 Å².